The Morgan fingerprint density at radius 1 is 1.00 bits per heavy atom. The molecular weight excluding hydrogens is 348 g/mol. The van der Waals surface area contributed by atoms with Crippen molar-refractivity contribution >= 4 is 0 Å². The lowest BCUT2D eigenvalue weighted by molar-refractivity contribution is -0.251. The number of hydrogen-bond acceptors (Lipinski definition) is 3. The largest absolute Gasteiger partial charge is 0.508 e. The number of rotatable bonds is 1. The quantitative estimate of drug-likeness (QED) is 0.622. The molecule has 3 nitrogen and oxygen atoms in total. The van der Waals surface area contributed by atoms with Gasteiger partial charge in [-0.3, -0.25) is 0 Å². The molecule has 1 heterocycles. The van der Waals surface area contributed by atoms with Gasteiger partial charge in [-0.25, -0.2) is 0 Å². The first-order valence-corrected chi connectivity index (χ1v) is 11.1. The molecule has 1 aromatic rings. The average Bonchev–Trinajstić information content (AvgIpc) is 2.68. The fourth-order valence-corrected chi connectivity index (χ4v) is 7.18. The number of aliphatic hydroxyl groups excluding tert-OH is 1. The second kappa shape index (κ2) is 6.66. The lowest BCUT2D eigenvalue weighted by Gasteiger charge is -2.63. The van der Waals surface area contributed by atoms with Crippen molar-refractivity contribution in [1.82, 2.24) is 0 Å². The van der Waals surface area contributed by atoms with E-state index in [2.05, 4.69) is 19.1 Å². The molecule has 1 aliphatic heterocycles. The Morgan fingerprint density at radius 3 is 2.57 bits per heavy atom. The SMILES string of the molecule is Cc1cc(O)ccc1C12CCCCC1C1(CCCCC1)C1C=CC(O)=CC1O2. The maximum atomic E-state index is 10.2. The van der Waals surface area contributed by atoms with E-state index in [1.165, 1.54) is 56.9 Å². The summed E-state index contributed by atoms with van der Waals surface area (Å²) < 4.78 is 7.02. The molecule has 3 heteroatoms. The molecule has 5 rings (SSSR count). The van der Waals surface area contributed by atoms with Crippen molar-refractivity contribution in [2.45, 2.75) is 76.4 Å². The summed E-state index contributed by atoms with van der Waals surface area (Å²) in [7, 11) is 0. The highest BCUT2D eigenvalue weighted by atomic mass is 16.5. The molecular formula is C25H32O3. The molecule has 1 aromatic carbocycles. The Hall–Kier alpha value is -1.74. The zero-order valence-electron chi connectivity index (χ0n) is 16.9. The topological polar surface area (TPSA) is 49.7 Å². The van der Waals surface area contributed by atoms with E-state index >= 15 is 0 Å². The summed E-state index contributed by atoms with van der Waals surface area (Å²) in [6.45, 7) is 2.10. The molecule has 3 fully saturated rings. The highest BCUT2D eigenvalue weighted by Gasteiger charge is 2.62. The van der Waals surface area contributed by atoms with Gasteiger partial charge in [-0.15, -0.1) is 0 Å². The number of fused-ring (bicyclic) bond motifs is 4. The third-order valence-electron chi connectivity index (χ3n) is 8.17. The van der Waals surface area contributed by atoms with Gasteiger partial charge in [-0.05, 0) is 79.4 Å². The maximum absolute atomic E-state index is 10.2. The van der Waals surface area contributed by atoms with Crippen LogP contribution in [0.15, 0.2) is 42.2 Å². The van der Waals surface area contributed by atoms with Gasteiger partial charge in [0.15, 0.2) is 0 Å². The van der Waals surface area contributed by atoms with Gasteiger partial charge >= 0.3 is 0 Å². The molecule has 4 unspecified atom stereocenters. The van der Waals surface area contributed by atoms with Crippen LogP contribution in [0.4, 0.5) is 0 Å². The van der Waals surface area contributed by atoms with E-state index in [1.807, 2.05) is 24.3 Å². The van der Waals surface area contributed by atoms with E-state index in [0.29, 0.717) is 23.3 Å². The number of aryl methyl sites for hydroxylation is 1. The number of benzene rings is 1. The molecule has 1 saturated heterocycles. The molecule has 0 bridgehead atoms. The predicted octanol–water partition coefficient (Wildman–Crippen LogP) is 6.06. The van der Waals surface area contributed by atoms with Crippen molar-refractivity contribution in [1.29, 1.82) is 0 Å². The summed E-state index contributed by atoms with van der Waals surface area (Å²) in [5, 5.41) is 20.2. The molecule has 3 aliphatic carbocycles. The van der Waals surface area contributed by atoms with Crippen molar-refractivity contribution in [3.05, 3.63) is 53.3 Å². The van der Waals surface area contributed by atoms with Crippen LogP contribution in [0.5, 0.6) is 5.75 Å². The summed E-state index contributed by atoms with van der Waals surface area (Å²) in [4.78, 5) is 0. The van der Waals surface area contributed by atoms with Gasteiger partial charge in [0.25, 0.3) is 0 Å². The van der Waals surface area contributed by atoms with Gasteiger partial charge in [0.05, 0.1) is 11.7 Å². The lowest BCUT2D eigenvalue weighted by atomic mass is 9.48. The zero-order chi connectivity index (χ0) is 19.4. The first-order chi connectivity index (χ1) is 13.6. The standard InChI is InChI=1S/C25H32O3/c1-17-15-18(26)8-10-20(17)25-14-6-3-7-23(25)24(12-4-2-5-13-24)21-11-9-19(27)16-22(21)28-25/h8-11,15-16,21-23,26-27H,2-7,12-14H2,1H3. The fraction of sp³-hybridized carbons (Fsp3) is 0.600. The second-order valence-electron chi connectivity index (χ2n) is 9.54. The smallest absolute Gasteiger partial charge is 0.115 e. The van der Waals surface area contributed by atoms with E-state index in [1.54, 1.807) is 0 Å². The minimum Gasteiger partial charge on any atom is -0.508 e. The van der Waals surface area contributed by atoms with Crippen LogP contribution in [0.2, 0.25) is 0 Å². The number of allylic oxidation sites excluding steroid dienone is 1. The summed E-state index contributed by atoms with van der Waals surface area (Å²) in [6, 6.07) is 5.80. The molecule has 1 spiro atoms. The fourth-order valence-electron chi connectivity index (χ4n) is 7.18. The number of aromatic hydroxyl groups is 1. The molecule has 0 aromatic heterocycles. The van der Waals surface area contributed by atoms with Crippen molar-refractivity contribution in [3.63, 3.8) is 0 Å². The normalized spacial score (nSPS) is 36.5. The molecule has 28 heavy (non-hydrogen) atoms. The van der Waals surface area contributed by atoms with Gasteiger partial charge in [0.1, 0.15) is 11.5 Å². The van der Waals surface area contributed by atoms with Crippen LogP contribution in [-0.4, -0.2) is 16.3 Å². The zero-order valence-corrected chi connectivity index (χ0v) is 16.9. The first kappa shape index (κ1) is 18.3. The summed E-state index contributed by atoms with van der Waals surface area (Å²) in [5.74, 6) is 1.51. The van der Waals surface area contributed by atoms with Gasteiger partial charge in [0.2, 0.25) is 0 Å². The van der Waals surface area contributed by atoms with Gasteiger partial charge in [-0.2, -0.15) is 0 Å². The minimum absolute atomic E-state index is 0.0642. The molecule has 2 N–H and O–H groups in total. The molecule has 0 radical (unpaired) electrons. The van der Waals surface area contributed by atoms with Crippen LogP contribution < -0.4 is 0 Å². The third kappa shape index (κ3) is 2.58. The summed E-state index contributed by atoms with van der Waals surface area (Å²) in [6.07, 6.45) is 17.2. The van der Waals surface area contributed by atoms with Crippen molar-refractivity contribution in [2.24, 2.45) is 17.3 Å². The number of aliphatic hydroxyl groups is 1. The number of ether oxygens (including phenoxy) is 1. The molecule has 4 atom stereocenters. The Bertz CT molecular complexity index is 817. The molecule has 2 saturated carbocycles. The van der Waals surface area contributed by atoms with Crippen molar-refractivity contribution in [2.75, 3.05) is 0 Å². The van der Waals surface area contributed by atoms with E-state index < -0.39 is 0 Å². The minimum atomic E-state index is -0.309. The van der Waals surface area contributed by atoms with Crippen LogP contribution in [0.1, 0.15) is 68.9 Å². The number of hydrogen-bond donors (Lipinski definition) is 2. The maximum Gasteiger partial charge on any atom is 0.115 e. The summed E-state index contributed by atoms with van der Waals surface area (Å²) in [5.41, 5.74) is 2.31. The van der Waals surface area contributed by atoms with Crippen LogP contribution in [0.3, 0.4) is 0 Å². The van der Waals surface area contributed by atoms with E-state index in [4.69, 9.17) is 4.74 Å². The van der Waals surface area contributed by atoms with Crippen molar-refractivity contribution in [3.8, 4) is 5.75 Å². The van der Waals surface area contributed by atoms with Crippen LogP contribution >= 0.6 is 0 Å². The molecule has 150 valence electrons. The van der Waals surface area contributed by atoms with Crippen LogP contribution in [0.25, 0.3) is 0 Å². The first-order valence-electron chi connectivity index (χ1n) is 11.1. The molecule has 4 aliphatic rings. The third-order valence-corrected chi connectivity index (χ3v) is 8.17. The highest BCUT2D eigenvalue weighted by Crippen LogP contribution is 2.65. The van der Waals surface area contributed by atoms with E-state index in [-0.39, 0.29) is 17.1 Å². The Morgan fingerprint density at radius 2 is 1.79 bits per heavy atom. The Labute approximate surface area is 168 Å². The van der Waals surface area contributed by atoms with Gasteiger partial charge in [-0.1, -0.05) is 44.2 Å². The number of phenols is 1. The van der Waals surface area contributed by atoms with Crippen LogP contribution in [-0.2, 0) is 10.3 Å². The summed E-state index contributed by atoms with van der Waals surface area (Å²) >= 11 is 0. The predicted molar refractivity (Wildman–Crippen MR) is 110 cm³/mol. The monoisotopic (exact) mass is 380 g/mol. The average molecular weight is 381 g/mol. The lowest BCUT2D eigenvalue weighted by Crippen LogP contribution is -2.61. The van der Waals surface area contributed by atoms with E-state index in [9.17, 15) is 10.2 Å². The number of phenolic OH excluding ortho intramolecular Hbond substituents is 1. The van der Waals surface area contributed by atoms with Crippen molar-refractivity contribution < 1.29 is 14.9 Å². The molecule has 0 amide bonds. The van der Waals surface area contributed by atoms with Gasteiger partial charge < -0.3 is 14.9 Å². The Balaban J connectivity index is 1.69. The highest BCUT2D eigenvalue weighted by molar-refractivity contribution is 5.40. The van der Waals surface area contributed by atoms with Gasteiger partial charge in [0, 0.05) is 5.92 Å². The Kier molecular flexibility index (Phi) is 4.35. The van der Waals surface area contributed by atoms with Crippen LogP contribution in [0, 0.1) is 24.2 Å². The van der Waals surface area contributed by atoms with E-state index in [0.717, 1.165) is 12.0 Å². The second-order valence-corrected chi connectivity index (χ2v) is 9.54.